The Hall–Kier alpha value is -0.900. The summed E-state index contributed by atoms with van der Waals surface area (Å²) in [7, 11) is 0. The Balaban J connectivity index is 3.05. The highest BCUT2D eigenvalue weighted by Gasteiger charge is 2.09. The summed E-state index contributed by atoms with van der Waals surface area (Å²) in [5, 5.41) is 0.416. The quantitative estimate of drug-likeness (QED) is 0.723. The Bertz CT molecular complexity index is 280. The average molecular weight is 170 g/mol. The maximum atomic E-state index is 10.7. The normalized spacial score (nSPS) is 10.0. The predicted molar refractivity (Wildman–Crippen MR) is 44.7 cm³/mol. The molecule has 0 atom stereocenters. The molecule has 0 fully saturated rings. The molecule has 0 unspecified atom stereocenters. The molecule has 1 amide bonds. The van der Waals surface area contributed by atoms with Crippen molar-refractivity contribution in [2.75, 3.05) is 0 Å². The van der Waals surface area contributed by atoms with Crippen molar-refractivity contribution >= 4 is 17.2 Å². The minimum absolute atomic E-state index is 0.416. The van der Waals surface area contributed by atoms with Crippen molar-refractivity contribution in [2.45, 2.75) is 20.3 Å². The minimum Gasteiger partial charge on any atom is -0.364 e. The van der Waals surface area contributed by atoms with Gasteiger partial charge in [-0.3, -0.25) is 4.79 Å². The Morgan fingerprint density at radius 1 is 1.73 bits per heavy atom. The lowest BCUT2D eigenvalue weighted by Gasteiger charge is -1.85. The molecule has 0 spiro atoms. The number of carbonyl (C=O) groups excluding carboxylic acids is 1. The number of hydrogen-bond acceptors (Lipinski definition) is 3. The molecule has 1 aromatic heterocycles. The molecule has 0 saturated heterocycles. The lowest BCUT2D eigenvalue weighted by molar-refractivity contribution is 0.1000. The third-order valence-corrected chi connectivity index (χ3v) is 2.74. The maximum Gasteiger partial charge on any atom is 0.277 e. The first-order valence-electron chi connectivity index (χ1n) is 3.41. The molecule has 3 nitrogen and oxygen atoms in total. The molecule has 1 rings (SSSR count). The van der Waals surface area contributed by atoms with Crippen LogP contribution in [0.2, 0.25) is 0 Å². The van der Waals surface area contributed by atoms with Crippen molar-refractivity contribution in [3.8, 4) is 0 Å². The predicted octanol–water partition coefficient (Wildman–Crippen LogP) is 1.11. The van der Waals surface area contributed by atoms with Crippen LogP contribution in [0.4, 0.5) is 0 Å². The fraction of sp³-hybridized carbons (Fsp3) is 0.429. The van der Waals surface area contributed by atoms with E-state index >= 15 is 0 Å². The van der Waals surface area contributed by atoms with Gasteiger partial charge < -0.3 is 5.73 Å². The second kappa shape index (κ2) is 3.00. The van der Waals surface area contributed by atoms with Crippen molar-refractivity contribution in [1.29, 1.82) is 0 Å². The number of aromatic nitrogens is 1. The molecular weight excluding hydrogens is 160 g/mol. The van der Waals surface area contributed by atoms with Gasteiger partial charge in [0, 0.05) is 4.88 Å². The van der Waals surface area contributed by atoms with E-state index in [4.69, 9.17) is 5.73 Å². The van der Waals surface area contributed by atoms with Crippen LogP contribution in [0, 0.1) is 6.92 Å². The number of thiazole rings is 1. The summed E-state index contributed by atoms with van der Waals surface area (Å²) in [4.78, 5) is 15.8. The minimum atomic E-state index is -0.433. The Morgan fingerprint density at radius 2 is 2.36 bits per heavy atom. The first kappa shape index (κ1) is 8.20. The van der Waals surface area contributed by atoms with Crippen LogP contribution in [0.15, 0.2) is 0 Å². The third kappa shape index (κ3) is 1.57. The highest BCUT2D eigenvalue weighted by molar-refractivity contribution is 7.13. The number of hydrogen-bond donors (Lipinski definition) is 1. The van der Waals surface area contributed by atoms with Crippen LogP contribution >= 0.6 is 11.3 Å². The van der Waals surface area contributed by atoms with Crippen LogP contribution in [0.1, 0.15) is 27.3 Å². The Kier molecular flexibility index (Phi) is 2.24. The summed E-state index contributed by atoms with van der Waals surface area (Å²) in [5.41, 5.74) is 5.98. The molecule has 0 bridgehead atoms. The molecular formula is C7H10N2OS. The standard InChI is InChI=1S/C7H10N2OS/c1-3-5-4(2)9-7(11-5)6(8)10/h3H2,1-2H3,(H2,8,10). The van der Waals surface area contributed by atoms with E-state index in [-0.39, 0.29) is 0 Å². The van der Waals surface area contributed by atoms with Crippen molar-refractivity contribution in [2.24, 2.45) is 5.73 Å². The topological polar surface area (TPSA) is 56.0 Å². The van der Waals surface area contributed by atoms with Gasteiger partial charge in [-0.1, -0.05) is 6.92 Å². The lowest BCUT2D eigenvalue weighted by atomic mass is 10.3. The van der Waals surface area contributed by atoms with Crippen LogP contribution in [-0.4, -0.2) is 10.9 Å². The van der Waals surface area contributed by atoms with Gasteiger partial charge in [0.15, 0.2) is 5.01 Å². The first-order chi connectivity index (χ1) is 5.15. The zero-order chi connectivity index (χ0) is 8.43. The molecule has 0 aliphatic heterocycles. The van der Waals surface area contributed by atoms with Gasteiger partial charge in [0.2, 0.25) is 0 Å². The molecule has 0 aliphatic carbocycles. The van der Waals surface area contributed by atoms with Gasteiger partial charge in [-0.05, 0) is 13.3 Å². The number of amides is 1. The Labute approximate surface area is 69.3 Å². The van der Waals surface area contributed by atoms with E-state index in [1.54, 1.807) is 0 Å². The van der Waals surface area contributed by atoms with E-state index in [1.807, 2.05) is 13.8 Å². The zero-order valence-electron chi connectivity index (χ0n) is 6.55. The number of carbonyl (C=O) groups is 1. The highest BCUT2D eigenvalue weighted by atomic mass is 32.1. The van der Waals surface area contributed by atoms with Gasteiger partial charge in [-0.2, -0.15) is 0 Å². The smallest absolute Gasteiger partial charge is 0.277 e. The molecule has 4 heteroatoms. The molecule has 0 saturated carbocycles. The van der Waals surface area contributed by atoms with Crippen molar-refractivity contribution < 1.29 is 4.79 Å². The summed E-state index contributed by atoms with van der Waals surface area (Å²) in [6.07, 6.45) is 0.913. The summed E-state index contributed by atoms with van der Waals surface area (Å²) < 4.78 is 0. The van der Waals surface area contributed by atoms with E-state index < -0.39 is 5.91 Å². The second-order valence-corrected chi connectivity index (χ2v) is 3.33. The number of aryl methyl sites for hydroxylation is 2. The molecule has 0 aliphatic rings. The van der Waals surface area contributed by atoms with Gasteiger partial charge >= 0.3 is 0 Å². The molecule has 2 N–H and O–H groups in total. The van der Waals surface area contributed by atoms with E-state index in [0.29, 0.717) is 5.01 Å². The maximum absolute atomic E-state index is 10.7. The monoisotopic (exact) mass is 170 g/mol. The average Bonchev–Trinajstić information content (AvgIpc) is 2.31. The van der Waals surface area contributed by atoms with Crippen LogP contribution in [0.5, 0.6) is 0 Å². The summed E-state index contributed by atoms with van der Waals surface area (Å²) in [6.45, 7) is 3.92. The van der Waals surface area contributed by atoms with Crippen LogP contribution in [0.3, 0.4) is 0 Å². The van der Waals surface area contributed by atoms with Crippen molar-refractivity contribution in [3.63, 3.8) is 0 Å². The zero-order valence-corrected chi connectivity index (χ0v) is 7.36. The van der Waals surface area contributed by atoms with Gasteiger partial charge in [-0.15, -0.1) is 11.3 Å². The van der Waals surface area contributed by atoms with Crippen LogP contribution in [0.25, 0.3) is 0 Å². The second-order valence-electron chi connectivity index (χ2n) is 2.25. The van der Waals surface area contributed by atoms with Gasteiger partial charge in [0.1, 0.15) is 0 Å². The van der Waals surface area contributed by atoms with Crippen LogP contribution < -0.4 is 5.73 Å². The summed E-state index contributed by atoms with van der Waals surface area (Å²) in [6, 6.07) is 0. The Morgan fingerprint density at radius 3 is 2.64 bits per heavy atom. The summed E-state index contributed by atoms with van der Waals surface area (Å²) in [5.74, 6) is -0.433. The lowest BCUT2D eigenvalue weighted by Crippen LogP contribution is -2.10. The van der Waals surface area contributed by atoms with Crippen molar-refractivity contribution in [3.05, 3.63) is 15.6 Å². The van der Waals surface area contributed by atoms with E-state index in [9.17, 15) is 4.79 Å². The SMILES string of the molecule is CCc1sc(C(N)=O)nc1C. The van der Waals surface area contributed by atoms with E-state index in [0.717, 1.165) is 17.0 Å². The molecule has 0 radical (unpaired) electrons. The number of nitrogens with zero attached hydrogens (tertiary/aromatic N) is 1. The van der Waals surface area contributed by atoms with E-state index in [2.05, 4.69) is 4.98 Å². The third-order valence-electron chi connectivity index (χ3n) is 1.42. The molecule has 1 aromatic rings. The number of rotatable bonds is 2. The van der Waals surface area contributed by atoms with Crippen molar-refractivity contribution in [1.82, 2.24) is 4.98 Å². The van der Waals surface area contributed by atoms with Crippen LogP contribution in [-0.2, 0) is 6.42 Å². The summed E-state index contributed by atoms with van der Waals surface area (Å²) >= 11 is 1.38. The molecule has 1 heterocycles. The van der Waals surface area contributed by atoms with Gasteiger partial charge in [-0.25, -0.2) is 4.98 Å². The molecule has 0 aromatic carbocycles. The molecule has 60 valence electrons. The van der Waals surface area contributed by atoms with E-state index in [1.165, 1.54) is 11.3 Å². The fourth-order valence-electron chi connectivity index (χ4n) is 0.861. The van der Waals surface area contributed by atoms with Gasteiger partial charge in [0.05, 0.1) is 5.69 Å². The highest BCUT2D eigenvalue weighted by Crippen LogP contribution is 2.17. The molecule has 11 heavy (non-hydrogen) atoms. The largest absolute Gasteiger partial charge is 0.364 e. The fourth-order valence-corrected chi connectivity index (χ4v) is 1.72. The number of nitrogens with two attached hydrogens (primary N) is 1. The first-order valence-corrected chi connectivity index (χ1v) is 4.23. The van der Waals surface area contributed by atoms with Gasteiger partial charge in [0.25, 0.3) is 5.91 Å². The number of primary amides is 1.